The van der Waals surface area contributed by atoms with Crippen molar-refractivity contribution in [1.29, 1.82) is 0 Å². The predicted molar refractivity (Wildman–Crippen MR) is 74.8 cm³/mol. The summed E-state index contributed by atoms with van der Waals surface area (Å²) in [5, 5.41) is 0. The van der Waals surface area contributed by atoms with Crippen molar-refractivity contribution in [2.24, 2.45) is 5.73 Å². The van der Waals surface area contributed by atoms with Crippen molar-refractivity contribution >= 4 is 0 Å². The normalized spacial score (nSPS) is 22.7. The van der Waals surface area contributed by atoms with Gasteiger partial charge in [0.2, 0.25) is 0 Å². The second-order valence-corrected chi connectivity index (χ2v) is 5.51. The van der Waals surface area contributed by atoms with E-state index in [1.54, 1.807) is 0 Å². The van der Waals surface area contributed by atoms with Gasteiger partial charge in [-0.05, 0) is 27.7 Å². The highest BCUT2D eigenvalue weighted by atomic mass is 16.5. The first kappa shape index (κ1) is 14.4. The van der Waals surface area contributed by atoms with Gasteiger partial charge in [-0.3, -0.25) is 4.90 Å². The van der Waals surface area contributed by atoms with Crippen LogP contribution in [0.3, 0.4) is 0 Å². The first-order valence-electron chi connectivity index (χ1n) is 6.93. The van der Waals surface area contributed by atoms with Gasteiger partial charge in [-0.1, -0.05) is 0 Å². The van der Waals surface area contributed by atoms with Crippen LogP contribution in [0.5, 0.6) is 0 Å². The molecule has 1 saturated heterocycles. The van der Waals surface area contributed by atoms with Crippen LogP contribution in [0.4, 0.5) is 0 Å². The molecule has 0 saturated carbocycles. The standard InChI is InChI=1S/C14H24N4O/c1-9(2)18-5-6-19-13(8-18)14-16-7-12(10(3)15)11(4)17-14/h7,9-10,13H,5-6,8,15H2,1-4H3/t10-,13?/m0/s1. The zero-order chi connectivity index (χ0) is 14.0. The monoisotopic (exact) mass is 264 g/mol. The molecule has 19 heavy (non-hydrogen) atoms. The lowest BCUT2D eigenvalue weighted by Crippen LogP contribution is -2.42. The summed E-state index contributed by atoms with van der Waals surface area (Å²) in [7, 11) is 0. The Morgan fingerprint density at radius 3 is 2.74 bits per heavy atom. The SMILES string of the molecule is Cc1nc(C2CN(C(C)C)CCO2)ncc1[C@H](C)N. The minimum atomic E-state index is -0.0338. The van der Waals surface area contributed by atoms with Crippen molar-refractivity contribution in [3.8, 4) is 0 Å². The smallest absolute Gasteiger partial charge is 0.158 e. The molecular weight excluding hydrogens is 240 g/mol. The Bertz CT molecular complexity index is 433. The fourth-order valence-corrected chi connectivity index (χ4v) is 2.39. The Balaban J connectivity index is 2.15. The molecule has 0 spiro atoms. The number of ether oxygens (including phenoxy) is 1. The molecule has 2 heterocycles. The molecule has 2 atom stereocenters. The van der Waals surface area contributed by atoms with Gasteiger partial charge >= 0.3 is 0 Å². The molecule has 0 amide bonds. The van der Waals surface area contributed by atoms with E-state index in [-0.39, 0.29) is 12.1 Å². The maximum Gasteiger partial charge on any atom is 0.158 e. The van der Waals surface area contributed by atoms with Crippen LogP contribution in [0.1, 0.15) is 50.0 Å². The van der Waals surface area contributed by atoms with Crippen molar-refractivity contribution in [2.75, 3.05) is 19.7 Å². The third kappa shape index (κ3) is 3.29. The average Bonchev–Trinajstić information content (AvgIpc) is 2.38. The van der Waals surface area contributed by atoms with Gasteiger partial charge in [0, 0.05) is 42.6 Å². The van der Waals surface area contributed by atoms with E-state index in [0.717, 1.165) is 36.8 Å². The summed E-state index contributed by atoms with van der Waals surface area (Å²) < 4.78 is 5.80. The molecular formula is C14H24N4O. The van der Waals surface area contributed by atoms with Crippen LogP contribution in [-0.4, -0.2) is 40.6 Å². The van der Waals surface area contributed by atoms with E-state index < -0.39 is 0 Å². The van der Waals surface area contributed by atoms with E-state index in [9.17, 15) is 0 Å². The van der Waals surface area contributed by atoms with Crippen molar-refractivity contribution in [2.45, 2.75) is 45.9 Å². The maximum absolute atomic E-state index is 5.89. The van der Waals surface area contributed by atoms with Crippen LogP contribution in [0, 0.1) is 6.92 Å². The zero-order valence-electron chi connectivity index (χ0n) is 12.3. The fourth-order valence-electron chi connectivity index (χ4n) is 2.39. The largest absolute Gasteiger partial charge is 0.368 e. The molecule has 5 nitrogen and oxygen atoms in total. The molecule has 0 radical (unpaired) electrons. The highest BCUT2D eigenvalue weighted by Gasteiger charge is 2.26. The first-order chi connectivity index (χ1) is 8.99. The Kier molecular flexibility index (Phi) is 4.50. The summed E-state index contributed by atoms with van der Waals surface area (Å²) in [4.78, 5) is 11.4. The number of nitrogens with zero attached hydrogens (tertiary/aromatic N) is 3. The van der Waals surface area contributed by atoms with Gasteiger partial charge in [0.25, 0.3) is 0 Å². The molecule has 0 bridgehead atoms. The van der Waals surface area contributed by atoms with Gasteiger partial charge in [-0.15, -0.1) is 0 Å². The lowest BCUT2D eigenvalue weighted by atomic mass is 10.1. The Morgan fingerprint density at radius 1 is 1.42 bits per heavy atom. The van der Waals surface area contributed by atoms with Crippen molar-refractivity contribution in [1.82, 2.24) is 14.9 Å². The molecule has 5 heteroatoms. The highest BCUT2D eigenvalue weighted by molar-refractivity contribution is 5.20. The van der Waals surface area contributed by atoms with Gasteiger partial charge in [-0.2, -0.15) is 0 Å². The van der Waals surface area contributed by atoms with Crippen LogP contribution in [-0.2, 0) is 4.74 Å². The number of aryl methyl sites for hydroxylation is 1. The molecule has 1 fully saturated rings. The number of rotatable bonds is 3. The lowest BCUT2D eigenvalue weighted by molar-refractivity contribution is -0.0443. The molecule has 0 aliphatic carbocycles. The molecule has 1 aliphatic rings. The van der Waals surface area contributed by atoms with Crippen LogP contribution < -0.4 is 5.73 Å². The lowest BCUT2D eigenvalue weighted by Gasteiger charge is -2.34. The third-order valence-electron chi connectivity index (χ3n) is 3.64. The van der Waals surface area contributed by atoms with Gasteiger partial charge in [0.1, 0.15) is 6.10 Å². The van der Waals surface area contributed by atoms with Crippen LogP contribution in [0.25, 0.3) is 0 Å². The van der Waals surface area contributed by atoms with E-state index in [0.29, 0.717) is 6.04 Å². The van der Waals surface area contributed by atoms with Gasteiger partial charge in [-0.25, -0.2) is 9.97 Å². The van der Waals surface area contributed by atoms with Crippen LogP contribution in [0.2, 0.25) is 0 Å². The topological polar surface area (TPSA) is 64.3 Å². The van der Waals surface area contributed by atoms with Crippen molar-refractivity contribution in [3.63, 3.8) is 0 Å². The van der Waals surface area contributed by atoms with Crippen LogP contribution in [0.15, 0.2) is 6.20 Å². The van der Waals surface area contributed by atoms with Gasteiger partial charge < -0.3 is 10.5 Å². The number of morpholine rings is 1. The average molecular weight is 264 g/mol. The quantitative estimate of drug-likeness (QED) is 0.898. The van der Waals surface area contributed by atoms with Gasteiger partial charge in [0.05, 0.1) is 6.61 Å². The summed E-state index contributed by atoms with van der Waals surface area (Å²) in [5.74, 6) is 0.771. The van der Waals surface area contributed by atoms with E-state index >= 15 is 0 Å². The Morgan fingerprint density at radius 2 is 2.16 bits per heavy atom. The summed E-state index contributed by atoms with van der Waals surface area (Å²) in [6.45, 7) is 10.9. The van der Waals surface area contributed by atoms with Crippen molar-refractivity contribution in [3.05, 3.63) is 23.3 Å². The summed E-state index contributed by atoms with van der Waals surface area (Å²) in [5.41, 5.74) is 7.83. The molecule has 1 aromatic rings. The first-order valence-corrected chi connectivity index (χ1v) is 6.93. The summed E-state index contributed by atoms with van der Waals surface area (Å²) in [6, 6.07) is 0.490. The molecule has 1 aliphatic heterocycles. The minimum absolute atomic E-state index is 0.0306. The minimum Gasteiger partial charge on any atom is -0.368 e. The summed E-state index contributed by atoms with van der Waals surface area (Å²) in [6.07, 6.45) is 1.80. The van der Waals surface area contributed by atoms with E-state index in [4.69, 9.17) is 10.5 Å². The number of hydrogen-bond acceptors (Lipinski definition) is 5. The van der Waals surface area contributed by atoms with Crippen molar-refractivity contribution < 1.29 is 4.74 Å². The molecule has 1 aromatic heterocycles. The van der Waals surface area contributed by atoms with Gasteiger partial charge in [0.15, 0.2) is 5.82 Å². The molecule has 1 unspecified atom stereocenters. The predicted octanol–water partition coefficient (Wildman–Crippen LogP) is 1.59. The van der Waals surface area contributed by atoms with E-state index in [1.807, 2.05) is 20.0 Å². The molecule has 106 valence electrons. The van der Waals surface area contributed by atoms with E-state index in [2.05, 4.69) is 28.7 Å². The molecule has 2 N–H and O–H groups in total. The Labute approximate surface area is 115 Å². The molecule has 2 rings (SSSR count). The van der Waals surface area contributed by atoms with E-state index in [1.165, 1.54) is 0 Å². The summed E-state index contributed by atoms with van der Waals surface area (Å²) >= 11 is 0. The molecule has 0 aromatic carbocycles. The second-order valence-electron chi connectivity index (χ2n) is 5.51. The highest BCUT2D eigenvalue weighted by Crippen LogP contribution is 2.22. The second kappa shape index (κ2) is 5.94. The van der Waals surface area contributed by atoms with Crippen LogP contribution >= 0.6 is 0 Å². The Hall–Kier alpha value is -1.04. The maximum atomic E-state index is 5.89. The third-order valence-corrected chi connectivity index (χ3v) is 3.64. The number of hydrogen-bond donors (Lipinski definition) is 1. The number of nitrogens with two attached hydrogens (primary N) is 1. The zero-order valence-corrected chi connectivity index (χ0v) is 12.3. The number of aromatic nitrogens is 2. The fraction of sp³-hybridized carbons (Fsp3) is 0.714.